The zero-order valence-corrected chi connectivity index (χ0v) is 20.5. The average Bonchev–Trinajstić information content (AvgIpc) is 2.65. The number of amides is 1. The summed E-state index contributed by atoms with van der Waals surface area (Å²) in [6.45, 7) is 9.30. The molecular weight excluding hydrogens is 432 g/mol. The molecule has 0 saturated carbocycles. The maximum atomic E-state index is 13.3. The minimum atomic E-state index is -4.00. The van der Waals surface area contributed by atoms with Crippen LogP contribution in [-0.4, -0.2) is 55.2 Å². The molecule has 2 rings (SSSR count). The van der Waals surface area contributed by atoms with E-state index in [-0.39, 0.29) is 24.5 Å². The number of aryl methyl sites for hydroxylation is 1. The lowest BCUT2D eigenvalue weighted by Gasteiger charge is -2.60. The molecule has 8 nitrogen and oxygen atoms in total. The zero-order chi connectivity index (χ0) is 24.2. The van der Waals surface area contributed by atoms with E-state index in [1.54, 1.807) is 31.2 Å². The van der Waals surface area contributed by atoms with Crippen LogP contribution in [0.5, 0.6) is 0 Å². The third kappa shape index (κ3) is 6.01. The largest absolute Gasteiger partial charge is 0.466 e. The minimum Gasteiger partial charge on any atom is -0.466 e. The van der Waals surface area contributed by atoms with Gasteiger partial charge in [0.25, 0.3) is 0 Å². The molecule has 1 fully saturated rings. The van der Waals surface area contributed by atoms with Crippen molar-refractivity contribution in [3.8, 4) is 0 Å². The van der Waals surface area contributed by atoms with Crippen molar-refractivity contribution >= 4 is 22.1 Å². The molecule has 0 radical (unpaired) electrons. The van der Waals surface area contributed by atoms with Gasteiger partial charge in [0.2, 0.25) is 10.0 Å². The summed E-state index contributed by atoms with van der Waals surface area (Å²) in [5.41, 5.74) is -0.844. The van der Waals surface area contributed by atoms with E-state index in [9.17, 15) is 23.1 Å². The first-order valence-electron chi connectivity index (χ1n) is 11.1. The molecule has 2 atom stereocenters. The zero-order valence-electron chi connectivity index (χ0n) is 19.7. The number of rotatable bonds is 10. The highest BCUT2D eigenvalue weighted by Gasteiger charge is 2.61. The number of ether oxygens (including phenoxy) is 1. The van der Waals surface area contributed by atoms with Gasteiger partial charge >= 0.3 is 12.1 Å². The molecule has 2 unspecified atom stereocenters. The molecule has 1 amide bonds. The second kappa shape index (κ2) is 10.2. The summed E-state index contributed by atoms with van der Waals surface area (Å²) >= 11 is 0. The fourth-order valence-corrected chi connectivity index (χ4v) is 6.03. The van der Waals surface area contributed by atoms with Crippen molar-refractivity contribution in [2.45, 2.75) is 83.2 Å². The lowest BCUT2D eigenvalue weighted by atomic mass is 9.66. The molecule has 0 spiro atoms. The molecule has 1 aromatic rings. The number of benzene rings is 1. The number of nitrogens with zero attached hydrogens (tertiary/aromatic N) is 1. The molecule has 1 aromatic carbocycles. The molecule has 0 bridgehead atoms. The van der Waals surface area contributed by atoms with Crippen LogP contribution in [0.25, 0.3) is 0 Å². The predicted octanol–water partition coefficient (Wildman–Crippen LogP) is 3.80. The van der Waals surface area contributed by atoms with Crippen LogP contribution in [0, 0.1) is 5.41 Å². The standard InChI is InChI=1S/C23H36N2O6S/c1-6-8-9-10-17-11-13-18(14-12-17)32(29,30)24-23(15-19(26)31-7-2)16-25(21(27)28)20(23)22(3,4)5/h11-14,20,24H,6-10,15-16H2,1-5H3,(H,27,28). The molecule has 1 aliphatic heterocycles. The van der Waals surface area contributed by atoms with Crippen LogP contribution < -0.4 is 4.72 Å². The molecule has 2 N–H and O–H groups in total. The van der Waals surface area contributed by atoms with Crippen LogP contribution in [0.15, 0.2) is 29.2 Å². The van der Waals surface area contributed by atoms with Crippen molar-refractivity contribution in [2.75, 3.05) is 13.2 Å². The number of sulfonamides is 1. The lowest BCUT2D eigenvalue weighted by molar-refractivity contribution is -0.150. The highest BCUT2D eigenvalue weighted by Crippen LogP contribution is 2.44. The van der Waals surface area contributed by atoms with E-state index in [0.717, 1.165) is 31.2 Å². The van der Waals surface area contributed by atoms with E-state index in [4.69, 9.17) is 4.74 Å². The molecule has 0 aromatic heterocycles. The molecule has 1 heterocycles. The summed E-state index contributed by atoms with van der Waals surface area (Å²) in [5, 5.41) is 9.60. The van der Waals surface area contributed by atoms with E-state index >= 15 is 0 Å². The Labute approximate surface area is 191 Å². The monoisotopic (exact) mass is 468 g/mol. The van der Waals surface area contributed by atoms with Crippen LogP contribution in [0.1, 0.15) is 65.9 Å². The van der Waals surface area contributed by atoms with Crippen LogP contribution in [0.2, 0.25) is 0 Å². The number of unbranched alkanes of at least 4 members (excludes halogenated alkanes) is 2. The van der Waals surface area contributed by atoms with Crippen molar-refractivity contribution in [2.24, 2.45) is 5.41 Å². The van der Waals surface area contributed by atoms with Crippen molar-refractivity contribution in [1.29, 1.82) is 0 Å². The average molecular weight is 469 g/mol. The summed E-state index contributed by atoms with van der Waals surface area (Å²) in [6, 6.07) is 5.98. The topological polar surface area (TPSA) is 113 Å². The number of hydrogen-bond donors (Lipinski definition) is 2. The molecule has 0 aliphatic carbocycles. The number of nitrogens with one attached hydrogen (secondary N) is 1. The van der Waals surface area contributed by atoms with Gasteiger partial charge in [0.05, 0.1) is 29.5 Å². The molecule has 1 saturated heterocycles. The molecule has 32 heavy (non-hydrogen) atoms. The second-order valence-electron chi connectivity index (χ2n) is 9.52. The molecular formula is C23H36N2O6S. The summed E-state index contributed by atoms with van der Waals surface area (Å²) in [5.74, 6) is -0.569. The number of esters is 1. The van der Waals surface area contributed by atoms with E-state index in [2.05, 4.69) is 11.6 Å². The third-order valence-corrected chi connectivity index (χ3v) is 7.33. The Hall–Kier alpha value is -2.13. The van der Waals surface area contributed by atoms with Gasteiger partial charge in [-0.05, 0) is 42.9 Å². The number of carbonyl (C=O) groups is 2. The van der Waals surface area contributed by atoms with Crippen LogP contribution >= 0.6 is 0 Å². The second-order valence-corrected chi connectivity index (χ2v) is 11.2. The van der Waals surface area contributed by atoms with Gasteiger partial charge in [0.1, 0.15) is 0 Å². The maximum absolute atomic E-state index is 13.3. The first-order valence-corrected chi connectivity index (χ1v) is 12.6. The number of hydrogen-bond acceptors (Lipinski definition) is 5. The van der Waals surface area contributed by atoms with E-state index in [1.807, 2.05) is 20.8 Å². The van der Waals surface area contributed by atoms with Crippen LogP contribution in [0.3, 0.4) is 0 Å². The summed E-state index contributed by atoms with van der Waals surface area (Å²) < 4.78 is 34.3. The van der Waals surface area contributed by atoms with E-state index in [1.165, 1.54) is 4.90 Å². The Morgan fingerprint density at radius 3 is 2.31 bits per heavy atom. The minimum absolute atomic E-state index is 0.0846. The first-order chi connectivity index (χ1) is 14.9. The Kier molecular flexibility index (Phi) is 8.33. The third-order valence-electron chi connectivity index (χ3n) is 5.76. The van der Waals surface area contributed by atoms with Gasteiger partial charge in [-0.3, -0.25) is 4.79 Å². The fourth-order valence-electron chi connectivity index (χ4n) is 4.63. The lowest BCUT2D eigenvalue weighted by Crippen LogP contribution is -2.80. The SMILES string of the molecule is CCCCCc1ccc(S(=O)(=O)NC2(CC(=O)OCC)CN(C(=O)O)C2C(C)(C)C)cc1. The normalized spacial score (nSPS) is 21.2. The van der Waals surface area contributed by atoms with Crippen molar-refractivity contribution in [3.63, 3.8) is 0 Å². The van der Waals surface area contributed by atoms with Crippen LogP contribution in [-0.2, 0) is 26.0 Å². The first kappa shape index (κ1) is 26.1. The van der Waals surface area contributed by atoms with Gasteiger partial charge in [-0.1, -0.05) is 52.7 Å². The fraction of sp³-hybridized carbons (Fsp3) is 0.652. The Bertz CT molecular complexity index is 907. The number of likely N-dealkylation sites (tertiary alicyclic amines) is 1. The summed E-state index contributed by atoms with van der Waals surface area (Å²) in [6.07, 6.45) is 2.75. The quantitative estimate of drug-likeness (QED) is 0.399. The van der Waals surface area contributed by atoms with Gasteiger partial charge in [0.15, 0.2) is 0 Å². The van der Waals surface area contributed by atoms with Crippen molar-refractivity contribution < 1.29 is 27.9 Å². The van der Waals surface area contributed by atoms with Crippen LogP contribution in [0.4, 0.5) is 4.79 Å². The number of carbonyl (C=O) groups excluding carboxylic acids is 1. The molecule has 180 valence electrons. The van der Waals surface area contributed by atoms with Crippen molar-refractivity contribution in [1.82, 2.24) is 9.62 Å². The van der Waals surface area contributed by atoms with E-state index in [0.29, 0.717) is 0 Å². The van der Waals surface area contributed by atoms with E-state index < -0.39 is 39.1 Å². The van der Waals surface area contributed by atoms with Gasteiger partial charge in [-0.15, -0.1) is 0 Å². The number of carboxylic acid groups (broad SMARTS) is 1. The van der Waals surface area contributed by atoms with Gasteiger partial charge in [-0.25, -0.2) is 17.9 Å². The summed E-state index contributed by atoms with van der Waals surface area (Å²) in [4.78, 5) is 25.4. The smallest absolute Gasteiger partial charge is 0.407 e. The van der Waals surface area contributed by atoms with Gasteiger partial charge in [-0.2, -0.15) is 0 Å². The predicted molar refractivity (Wildman–Crippen MR) is 122 cm³/mol. The van der Waals surface area contributed by atoms with Gasteiger partial charge in [0, 0.05) is 6.54 Å². The van der Waals surface area contributed by atoms with Gasteiger partial charge < -0.3 is 14.7 Å². The Morgan fingerprint density at radius 2 is 1.81 bits per heavy atom. The van der Waals surface area contributed by atoms with Crippen molar-refractivity contribution in [3.05, 3.63) is 29.8 Å². The molecule has 9 heteroatoms. The highest BCUT2D eigenvalue weighted by atomic mass is 32.2. The maximum Gasteiger partial charge on any atom is 0.407 e. The molecule has 1 aliphatic rings. The summed E-state index contributed by atoms with van der Waals surface area (Å²) in [7, 11) is -4.00. The highest BCUT2D eigenvalue weighted by molar-refractivity contribution is 7.89. The Morgan fingerprint density at radius 1 is 1.19 bits per heavy atom. The Balaban J connectivity index is 2.34.